The number of carbonyl (C=O) groups is 1. The summed E-state index contributed by atoms with van der Waals surface area (Å²) in [6, 6.07) is 7.14. The predicted octanol–water partition coefficient (Wildman–Crippen LogP) is 2.53. The molecule has 0 radical (unpaired) electrons. The van der Waals surface area contributed by atoms with Crippen LogP contribution in [0, 0.1) is 0 Å². The first kappa shape index (κ1) is 11.3. The molecule has 0 spiro atoms. The zero-order valence-corrected chi connectivity index (χ0v) is 9.51. The quantitative estimate of drug-likeness (QED) is 0.822. The van der Waals surface area contributed by atoms with E-state index in [9.17, 15) is 4.79 Å². The zero-order chi connectivity index (χ0) is 12.4. The van der Waals surface area contributed by atoms with Crippen molar-refractivity contribution in [1.29, 1.82) is 0 Å². The lowest BCUT2D eigenvalue weighted by Gasteiger charge is -2.05. The fourth-order valence-corrected chi connectivity index (χ4v) is 1.86. The van der Waals surface area contributed by atoms with Crippen molar-refractivity contribution in [1.82, 2.24) is 4.57 Å². The molecule has 0 aliphatic heterocycles. The Hall–Kier alpha value is -2.23. The van der Waals surface area contributed by atoms with E-state index in [2.05, 4.69) is 6.58 Å². The van der Waals surface area contributed by atoms with Crippen LogP contribution in [0.1, 0.15) is 10.5 Å². The molecule has 88 valence electrons. The Morgan fingerprint density at radius 1 is 1.53 bits per heavy atom. The molecular weight excluding hydrogens is 218 g/mol. The fourth-order valence-electron chi connectivity index (χ4n) is 1.86. The third-order valence-electron chi connectivity index (χ3n) is 2.64. The largest absolute Gasteiger partial charge is 0.497 e. The molecule has 0 saturated carbocycles. The summed E-state index contributed by atoms with van der Waals surface area (Å²) in [6.45, 7) is 4.10. The highest BCUT2D eigenvalue weighted by atomic mass is 16.5. The van der Waals surface area contributed by atoms with Gasteiger partial charge >= 0.3 is 5.97 Å². The van der Waals surface area contributed by atoms with Gasteiger partial charge in [-0.15, -0.1) is 6.58 Å². The number of nitrogens with zero attached hydrogens (tertiary/aromatic N) is 1. The molecule has 0 aliphatic rings. The van der Waals surface area contributed by atoms with Crippen molar-refractivity contribution >= 4 is 16.9 Å². The number of benzene rings is 1. The Morgan fingerprint density at radius 2 is 2.29 bits per heavy atom. The van der Waals surface area contributed by atoms with Gasteiger partial charge in [0.15, 0.2) is 0 Å². The molecule has 0 fully saturated rings. The van der Waals surface area contributed by atoms with Gasteiger partial charge in [0.2, 0.25) is 0 Å². The van der Waals surface area contributed by atoms with Crippen molar-refractivity contribution in [3.05, 3.63) is 42.6 Å². The summed E-state index contributed by atoms with van der Waals surface area (Å²) < 4.78 is 6.84. The molecular formula is C13H13NO3. The van der Waals surface area contributed by atoms with Crippen LogP contribution in [0.3, 0.4) is 0 Å². The number of hydrogen-bond acceptors (Lipinski definition) is 2. The van der Waals surface area contributed by atoms with E-state index in [1.807, 2.05) is 18.2 Å². The highest BCUT2D eigenvalue weighted by Gasteiger charge is 2.13. The van der Waals surface area contributed by atoms with Gasteiger partial charge in [0, 0.05) is 18.0 Å². The van der Waals surface area contributed by atoms with Gasteiger partial charge in [0.25, 0.3) is 0 Å². The molecule has 2 rings (SSSR count). The minimum atomic E-state index is -0.943. The van der Waals surface area contributed by atoms with Gasteiger partial charge in [-0.1, -0.05) is 6.08 Å². The van der Waals surface area contributed by atoms with Gasteiger partial charge in [-0.25, -0.2) is 4.79 Å². The third kappa shape index (κ3) is 1.89. The van der Waals surface area contributed by atoms with E-state index in [1.165, 1.54) is 0 Å². The molecule has 0 unspecified atom stereocenters. The predicted molar refractivity (Wildman–Crippen MR) is 65.6 cm³/mol. The molecule has 4 nitrogen and oxygen atoms in total. The minimum Gasteiger partial charge on any atom is -0.497 e. The maximum absolute atomic E-state index is 11.1. The number of aromatic carboxylic acids is 1. The molecule has 17 heavy (non-hydrogen) atoms. The van der Waals surface area contributed by atoms with Crippen LogP contribution in [0.25, 0.3) is 10.9 Å². The van der Waals surface area contributed by atoms with E-state index < -0.39 is 5.97 Å². The standard InChI is InChI=1S/C13H13NO3/c1-3-6-14-11-8-10(17-2)5-4-9(11)7-12(14)13(15)16/h3-5,7-8H,1,6H2,2H3,(H,15,16). The number of carboxylic acid groups (broad SMARTS) is 1. The third-order valence-corrected chi connectivity index (χ3v) is 2.64. The van der Waals surface area contributed by atoms with E-state index in [1.54, 1.807) is 23.8 Å². The summed E-state index contributed by atoms with van der Waals surface area (Å²) in [4.78, 5) is 11.1. The van der Waals surface area contributed by atoms with Crippen molar-refractivity contribution in [2.24, 2.45) is 0 Å². The number of hydrogen-bond donors (Lipinski definition) is 1. The van der Waals surface area contributed by atoms with Crippen molar-refractivity contribution in [3.63, 3.8) is 0 Å². The van der Waals surface area contributed by atoms with Crippen LogP contribution in [0.5, 0.6) is 5.75 Å². The number of aromatic nitrogens is 1. The van der Waals surface area contributed by atoms with Gasteiger partial charge in [-0.05, 0) is 18.2 Å². The average molecular weight is 231 g/mol. The van der Waals surface area contributed by atoms with Crippen LogP contribution >= 0.6 is 0 Å². The lowest BCUT2D eigenvalue weighted by molar-refractivity contribution is 0.0686. The zero-order valence-electron chi connectivity index (χ0n) is 9.51. The molecule has 2 aromatic rings. The summed E-state index contributed by atoms with van der Waals surface area (Å²) in [5, 5.41) is 10.0. The lowest BCUT2D eigenvalue weighted by Crippen LogP contribution is -2.07. The summed E-state index contributed by atoms with van der Waals surface area (Å²) in [5.41, 5.74) is 1.09. The number of fused-ring (bicyclic) bond motifs is 1. The van der Waals surface area contributed by atoms with Crippen molar-refractivity contribution in [3.8, 4) is 5.75 Å². The fraction of sp³-hybridized carbons (Fsp3) is 0.154. The molecule has 0 amide bonds. The second-order valence-corrected chi connectivity index (χ2v) is 3.66. The molecule has 0 aliphatic carbocycles. The van der Waals surface area contributed by atoms with E-state index in [0.717, 1.165) is 10.9 Å². The monoisotopic (exact) mass is 231 g/mol. The summed E-state index contributed by atoms with van der Waals surface area (Å²) in [6.07, 6.45) is 1.67. The van der Waals surface area contributed by atoms with Gasteiger partial charge in [0.05, 0.1) is 12.6 Å². The lowest BCUT2D eigenvalue weighted by atomic mass is 10.2. The molecule has 0 saturated heterocycles. The molecule has 0 atom stereocenters. The second-order valence-electron chi connectivity index (χ2n) is 3.66. The maximum Gasteiger partial charge on any atom is 0.352 e. The molecule has 1 N–H and O–H groups in total. The number of rotatable bonds is 4. The molecule has 0 bridgehead atoms. The number of methoxy groups -OCH3 is 1. The minimum absolute atomic E-state index is 0.258. The first-order valence-electron chi connectivity index (χ1n) is 5.19. The molecule has 1 aromatic carbocycles. The van der Waals surface area contributed by atoms with Crippen LogP contribution in [0.15, 0.2) is 36.9 Å². The van der Waals surface area contributed by atoms with Crippen molar-refractivity contribution < 1.29 is 14.6 Å². The smallest absolute Gasteiger partial charge is 0.352 e. The van der Waals surface area contributed by atoms with E-state index in [4.69, 9.17) is 9.84 Å². The van der Waals surface area contributed by atoms with Gasteiger partial charge < -0.3 is 14.4 Å². The Kier molecular flexibility index (Phi) is 2.87. The van der Waals surface area contributed by atoms with Crippen LogP contribution in [-0.4, -0.2) is 22.8 Å². The van der Waals surface area contributed by atoms with Crippen LogP contribution < -0.4 is 4.74 Å². The van der Waals surface area contributed by atoms with E-state index in [-0.39, 0.29) is 5.69 Å². The average Bonchev–Trinajstić information content (AvgIpc) is 2.68. The topological polar surface area (TPSA) is 51.5 Å². The molecule has 1 aromatic heterocycles. The van der Waals surface area contributed by atoms with Crippen molar-refractivity contribution in [2.45, 2.75) is 6.54 Å². The Balaban J connectivity index is 2.71. The Labute approximate surface area is 98.7 Å². The van der Waals surface area contributed by atoms with Crippen LogP contribution in [-0.2, 0) is 6.54 Å². The number of ether oxygens (including phenoxy) is 1. The Morgan fingerprint density at radius 3 is 2.88 bits per heavy atom. The summed E-state index contributed by atoms with van der Waals surface area (Å²) in [5.74, 6) is -0.236. The molecule has 4 heteroatoms. The van der Waals surface area contributed by atoms with Gasteiger partial charge in [-0.2, -0.15) is 0 Å². The SMILES string of the molecule is C=CCn1c(C(=O)O)cc2ccc(OC)cc21. The maximum atomic E-state index is 11.1. The highest BCUT2D eigenvalue weighted by Crippen LogP contribution is 2.24. The van der Waals surface area contributed by atoms with Crippen LogP contribution in [0.2, 0.25) is 0 Å². The van der Waals surface area contributed by atoms with Gasteiger partial charge in [-0.3, -0.25) is 0 Å². The van der Waals surface area contributed by atoms with E-state index >= 15 is 0 Å². The highest BCUT2D eigenvalue weighted by molar-refractivity contribution is 5.95. The van der Waals surface area contributed by atoms with Crippen molar-refractivity contribution in [2.75, 3.05) is 7.11 Å². The Bertz CT molecular complexity index is 584. The van der Waals surface area contributed by atoms with Crippen LogP contribution in [0.4, 0.5) is 0 Å². The first-order valence-corrected chi connectivity index (χ1v) is 5.19. The van der Waals surface area contributed by atoms with Gasteiger partial charge in [0.1, 0.15) is 11.4 Å². The molecule has 1 heterocycles. The normalized spacial score (nSPS) is 10.4. The number of allylic oxidation sites excluding steroid dienone is 1. The van der Waals surface area contributed by atoms with E-state index in [0.29, 0.717) is 12.3 Å². The second kappa shape index (κ2) is 4.33. The summed E-state index contributed by atoms with van der Waals surface area (Å²) in [7, 11) is 1.58. The first-order chi connectivity index (χ1) is 8.17. The number of carboxylic acids is 1. The summed E-state index contributed by atoms with van der Waals surface area (Å²) >= 11 is 0.